The van der Waals surface area contributed by atoms with Crippen molar-refractivity contribution in [1.29, 1.82) is 5.26 Å². The van der Waals surface area contributed by atoms with Gasteiger partial charge in [-0.1, -0.05) is 12.1 Å². The van der Waals surface area contributed by atoms with E-state index in [2.05, 4.69) is 25.3 Å². The molecule has 1 aliphatic rings. The van der Waals surface area contributed by atoms with Gasteiger partial charge in [0.2, 0.25) is 5.88 Å². The molecule has 3 aromatic rings. The molecule has 0 bridgehead atoms. The number of nitrogens with zero attached hydrogens (tertiary/aromatic N) is 5. The molecule has 4 rings (SSSR count). The number of hydrogen-bond acceptors (Lipinski definition) is 7. The summed E-state index contributed by atoms with van der Waals surface area (Å²) in [5.74, 6) is 1.43. The molecule has 0 saturated carbocycles. The number of benzene rings is 1. The second-order valence-corrected chi connectivity index (χ2v) is 7.20. The van der Waals surface area contributed by atoms with Crippen LogP contribution in [0, 0.1) is 11.3 Å². The van der Waals surface area contributed by atoms with Crippen LogP contribution in [-0.2, 0) is 12.6 Å². The molecule has 0 unspecified atom stereocenters. The summed E-state index contributed by atoms with van der Waals surface area (Å²) in [7, 11) is 0. The van der Waals surface area contributed by atoms with Gasteiger partial charge in [0.25, 0.3) is 0 Å². The Morgan fingerprint density at radius 3 is 2.52 bits per heavy atom. The van der Waals surface area contributed by atoms with Crippen LogP contribution < -0.4 is 10.1 Å². The molecule has 170 valence electrons. The topological polar surface area (TPSA) is 96.1 Å². The van der Waals surface area contributed by atoms with Gasteiger partial charge in [-0.2, -0.15) is 18.4 Å². The summed E-state index contributed by atoms with van der Waals surface area (Å²) < 4.78 is 41.8. The van der Waals surface area contributed by atoms with Crippen LogP contribution in [-0.4, -0.2) is 33.8 Å². The molecule has 0 amide bonds. The maximum absolute atomic E-state index is 12.1. The van der Waals surface area contributed by atoms with E-state index in [0.717, 1.165) is 47.9 Å². The number of nitrogens with one attached hydrogen (secondary N) is 1. The highest BCUT2D eigenvalue weighted by molar-refractivity contribution is 5.82. The van der Waals surface area contributed by atoms with Crippen molar-refractivity contribution in [2.75, 3.05) is 11.9 Å². The van der Waals surface area contributed by atoms with Crippen LogP contribution in [0.1, 0.15) is 36.2 Å². The van der Waals surface area contributed by atoms with Gasteiger partial charge in [-0.3, -0.25) is 4.99 Å². The van der Waals surface area contributed by atoms with E-state index in [0.29, 0.717) is 5.88 Å². The third-order valence-corrected chi connectivity index (χ3v) is 4.39. The summed E-state index contributed by atoms with van der Waals surface area (Å²) in [5, 5.41) is 11.6. The van der Waals surface area contributed by atoms with Gasteiger partial charge < -0.3 is 10.1 Å². The van der Waals surface area contributed by atoms with E-state index < -0.39 is 11.7 Å². The highest BCUT2D eigenvalue weighted by Gasteiger charge is 2.32. The number of ether oxygens (including phenoxy) is 1. The van der Waals surface area contributed by atoms with Crippen molar-refractivity contribution < 1.29 is 17.9 Å². The minimum Gasteiger partial charge on any atom is -0.475 e. The van der Waals surface area contributed by atoms with E-state index in [1.165, 1.54) is 18.2 Å². The lowest BCUT2D eigenvalue weighted by molar-refractivity contribution is -0.137. The predicted molar refractivity (Wildman–Crippen MR) is 118 cm³/mol. The smallest absolute Gasteiger partial charge is 0.417 e. The first kappa shape index (κ1) is 23.7. The van der Waals surface area contributed by atoms with Gasteiger partial charge in [-0.25, -0.2) is 15.0 Å². The standard InChI is InChI=1S/C15H17N5O.C8H4F3N/c1-10(2)21-14-4-3-11(7-17-14)20-15-12-5-6-16-8-13(12)18-9-19-15;9-8(10,11)7-4-2-1-3-6(7)5-12/h3-4,7-10H,5-6H2,1-2H3,(H,18,19,20);1-4H. The number of alkyl halides is 3. The van der Waals surface area contributed by atoms with Gasteiger partial charge in [0.05, 0.1) is 40.9 Å². The number of halogens is 3. The normalized spacial score (nSPS) is 12.3. The van der Waals surface area contributed by atoms with Gasteiger partial charge >= 0.3 is 6.18 Å². The van der Waals surface area contributed by atoms with Crippen LogP contribution in [0.4, 0.5) is 24.7 Å². The number of pyridine rings is 1. The lowest BCUT2D eigenvalue weighted by atomic mass is 10.1. The van der Waals surface area contributed by atoms with Crippen LogP contribution in [0.15, 0.2) is 53.9 Å². The molecular formula is C23H21F3N6O. The Morgan fingerprint density at radius 1 is 1.09 bits per heavy atom. The van der Waals surface area contributed by atoms with Gasteiger partial charge in [0.1, 0.15) is 12.1 Å². The summed E-state index contributed by atoms with van der Waals surface area (Å²) >= 11 is 0. The van der Waals surface area contributed by atoms with Crippen LogP contribution in [0.2, 0.25) is 0 Å². The number of hydrogen-bond donors (Lipinski definition) is 1. The number of aromatic nitrogens is 3. The summed E-state index contributed by atoms with van der Waals surface area (Å²) in [5.41, 5.74) is 1.62. The highest BCUT2D eigenvalue weighted by Crippen LogP contribution is 2.31. The maximum Gasteiger partial charge on any atom is 0.417 e. The summed E-state index contributed by atoms with van der Waals surface area (Å²) in [6.45, 7) is 4.72. The number of anilines is 2. The molecule has 1 N–H and O–H groups in total. The van der Waals surface area contributed by atoms with Crippen LogP contribution >= 0.6 is 0 Å². The fourth-order valence-electron chi connectivity index (χ4n) is 2.95. The fourth-order valence-corrected chi connectivity index (χ4v) is 2.95. The van der Waals surface area contributed by atoms with Gasteiger partial charge in [0, 0.05) is 24.4 Å². The molecule has 33 heavy (non-hydrogen) atoms. The molecular weight excluding hydrogens is 433 g/mol. The van der Waals surface area contributed by atoms with Crippen LogP contribution in [0.25, 0.3) is 0 Å². The van der Waals surface area contributed by atoms with E-state index >= 15 is 0 Å². The van der Waals surface area contributed by atoms with Crippen molar-refractivity contribution in [2.45, 2.75) is 32.5 Å². The molecule has 1 aromatic carbocycles. The Labute approximate surface area is 189 Å². The van der Waals surface area contributed by atoms with Crippen molar-refractivity contribution in [3.63, 3.8) is 0 Å². The van der Waals surface area contributed by atoms with Crippen molar-refractivity contribution in [3.05, 3.63) is 71.3 Å². The van der Waals surface area contributed by atoms with Crippen molar-refractivity contribution in [3.8, 4) is 11.9 Å². The number of rotatable bonds is 4. The molecule has 10 heteroatoms. The first-order valence-corrected chi connectivity index (χ1v) is 10.1. The number of nitriles is 1. The first-order chi connectivity index (χ1) is 15.8. The lowest BCUT2D eigenvalue weighted by Crippen LogP contribution is -2.10. The third kappa shape index (κ3) is 6.49. The van der Waals surface area contributed by atoms with Gasteiger partial charge in [-0.05, 0) is 38.5 Å². The molecule has 0 fully saturated rings. The molecule has 1 aliphatic heterocycles. The van der Waals surface area contributed by atoms with E-state index in [1.54, 1.807) is 18.7 Å². The minimum absolute atomic E-state index is 0.115. The van der Waals surface area contributed by atoms with E-state index in [-0.39, 0.29) is 11.7 Å². The van der Waals surface area contributed by atoms with Crippen molar-refractivity contribution in [1.82, 2.24) is 15.0 Å². The van der Waals surface area contributed by atoms with Gasteiger partial charge in [-0.15, -0.1) is 0 Å². The van der Waals surface area contributed by atoms with E-state index in [4.69, 9.17) is 10.00 Å². The quantitative estimate of drug-likeness (QED) is 0.599. The fraction of sp³-hybridized carbons (Fsp3) is 0.261. The largest absolute Gasteiger partial charge is 0.475 e. The molecule has 0 spiro atoms. The maximum atomic E-state index is 12.1. The Kier molecular flexibility index (Phi) is 7.56. The second-order valence-electron chi connectivity index (χ2n) is 7.20. The zero-order valence-corrected chi connectivity index (χ0v) is 18.0. The number of fused-ring (bicyclic) bond motifs is 1. The SMILES string of the molecule is CC(C)Oc1ccc(Nc2ncnc3c2CCN=C3)cn1.N#Cc1ccccc1C(F)(F)F. The highest BCUT2D eigenvalue weighted by atomic mass is 19.4. The summed E-state index contributed by atoms with van der Waals surface area (Å²) in [6.07, 6.45) is 1.60. The molecule has 0 atom stereocenters. The van der Waals surface area contributed by atoms with Crippen molar-refractivity contribution in [2.24, 2.45) is 4.99 Å². The zero-order valence-electron chi connectivity index (χ0n) is 18.0. The van der Waals surface area contributed by atoms with E-state index in [1.807, 2.05) is 26.0 Å². The Balaban J connectivity index is 0.000000218. The van der Waals surface area contributed by atoms with Crippen molar-refractivity contribution >= 4 is 17.7 Å². The first-order valence-electron chi connectivity index (χ1n) is 10.1. The molecule has 3 heterocycles. The Bertz CT molecular complexity index is 1150. The van der Waals surface area contributed by atoms with Gasteiger partial charge in [0.15, 0.2) is 0 Å². The average molecular weight is 454 g/mol. The average Bonchev–Trinajstić information content (AvgIpc) is 2.80. The monoisotopic (exact) mass is 454 g/mol. The Hall–Kier alpha value is -4.00. The van der Waals surface area contributed by atoms with Crippen LogP contribution in [0.3, 0.4) is 0 Å². The molecule has 0 aliphatic carbocycles. The van der Waals surface area contributed by atoms with Crippen LogP contribution in [0.5, 0.6) is 5.88 Å². The Morgan fingerprint density at radius 2 is 1.88 bits per heavy atom. The summed E-state index contributed by atoms with van der Waals surface area (Å²) in [4.78, 5) is 17.1. The predicted octanol–water partition coefficient (Wildman–Crippen LogP) is 4.95. The molecule has 7 nitrogen and oxygen atoms in total. The van der Waals surface area contributed by atoms with E-state index in [9.17, 15) is 13.2 Å². The molecule has 0 saturated heterocycles. The second kappa shape index (κ2) is 10.5. The lowest BCUT2D eigenvalue weighted by Gasteiger charge is -2.14. The zero-order chi connectivity index (χ0) is 23.8. The minimum atomic E-state index is -4.44. The molecule has 0 radical (unpaired) electrons. The molecule has 2 aromatic heterocycles. The number of aliphatic imine (C=N–C) groups is 1. The third-order valence-electron chi connectivity index (χ3n) is 4.39. The summed E-state index contributed by atoms with van der Waals surface area (Å²) in [6, 6.07) is 9.93.